The first-order valence-electron chi connectivity index (χ1n) is 10.5. The van der Waals surface area contributed by atoms with Crippen LogP contribution >= 0.6 is 11.6 Å². The summed E-state index contributed by atoms with van der Waals surface area (Å²) in [7, 11) is 0. The number of halogens is 4. The topological polar surface area (TPSA) is 87.7 Å². The van der Waals surface area contributed by atoms with Crippen molar-refractivity contribution in [2.75, 3.05) is 0 Å². The van der Waals surface area contributed by atoms with Crippen molar-refractivity contribution in [3.05, 3.63) is 69.1 Å². The average Bonchev–Trinajstić information content (AvgIpc) is 2.77. The van der Waals surface area contributed by atoms with Gasteiger partial charge in [0.15, 0.2) is 5.82 Å². The first kappa shape index (κ1) is 25.4. The van der Waals surface area contributed by atoms with Crippen molar-refractivity contribution in [1.82, 2.24) is 20.3 Å². The van der Waals surface area contributed by atoms with Crippen LogP contribution in [0.5, 0.6) is 0 Å². The molecule has 3 aromatic rings. The van der Waals surface area contributed by atoms with Gasteiger partial charge in [-0.3, -0.25) is 9.78 Å². The Morgan fingerprint density at radius 1 is 1.09 bits per heavy atom. The second-order valence-electron chi connectivity index (χ2n) is 8.72. The van der Waals surface area contributed by atoms with Crippen LogP contribution in [0.1, 0.15) is 44.7 Å². The molecule has 0 unspecified atom stereocenters. The van der Waals surface area contributed by atoms with Crippen molar-refractivity contribution >= 4 is 17.5 Å². The lowest BCUT2D eigenvalue weighted by molar-refractivity contribution is -0.211. The molecule has 3 rings (SSSR count). The zero-order valence-corrected chi connectivity index (χ0v) is 19.8. The lowest BCUT2D eigenvalue weighted by atomic mass is 9.91. The molecule has 0 spiro atoms. The van der Waals surface area contributed by atoms with Crippen molar-refractivity contribution in [2.45, 2.75) is 46.3 Å². The maximum atomic E-state index is 13.1. The van der Waals surface area contributed by atoms with E-state index < -0.39 is 23.2 Å². The molecule has 0 saturated heterocycles. The second kappa shape index (κ2) is 9.58. The number of carbonyl (C=O) groups excluding carboxylic acids is 1. The van der Waals surface area contributed by atoms with Gasteiger partial charge in [0.05, 0.1) is 5.02 Å². The smallest absolute Gasteiger partial charge is 0.351 e. The van der Waals surface area contributed by atoms with Crippen LogP contribution < -0.4 is 11.0 Å². The molecular weight excluding hydrogens is 469 g/mol. The summed E-state index contributed by atoms with van der Waals surface area (Å²) in [4.78, 5) is 35.2. The Morgan fingerprint density at radius 3 is 2.32 bits per heavy atom. The van der Waals surface area contributed by atoms with Crippen molar-refractivity contribution in [3.63, 3.8) is 0 Å². The lowest BCUT2D eigenvalue weighted by Crippen LogP contribution is -2.46. The fraction of sp³-hybridized carbons (Fsp3) is 0.333. The lowest BCUT2D eigenvalue weighted by Gasteiger charge is -2.26. The Labute approximate surface area is 199 Å². The molecule has 1 heterocycles. The van der Waals surface area contributed by atoms with Crippen LogP contribution in [-0.2, 0) is 11.3 Å². The molecular formula is C24H24ClF3N4O2. The van der Waals surface area contributed by atoms with Gasteiger partial charge in [-0.2, -0.15) is 18.2 Å². The van der Waals surface area contributed by atoms with Crippen LogP contribution in [0.4, 0.5) is 13.2 Å². The molecule has 0 aliphatic heterocycles. The standard InChI is InChI=1S/C24H24ClF3N4O2/c1-13(2)15-6-8-16(9-7-15)19-30-20(32-22(34)31-19)17-11-14(5-10-18(17)25)12-29-21(33)23(3,4)24(26,27)28/h5-11,13H,12H2,1-4H3,(H,29,33)(H,30,31,32,34). The van der Waals surface area contributed by atoms with Crippen LogP contribution in [0.15, 0.2) is 47.3 Å². The monoisotopic (exact) mass is 492 g/mol. The molecule has 34 heavy (non-hydrogen) atoms. The van der Waals surface area contributed by atoms with Crippen LogP contribution in [0.3, 0.4) is 0 Å². The molecule has 0 aliphatic rings. The summed E-state index contributed by atoms with van der Waals surface area (Å²) in [5.41, 5.74) is -0.572. The number of rotatable bonds is 6. The molecule has 6 nitrogen and oxygen atoms in total. The Morgan fingerprint density at radius 2 is 1.74 bits per heavy atom. The number of carbonyl (C=O) groups is 1. The highest BCUT2D eigenvalue weighted by molar-refractivity contribution is 6.33. The summed E-state index contributed by atoms with van der Waals surface area (Å²) in [6.07, 6.45) is -4.69. The summed E-state index contributed by atoms with van der Waals surface area (Å²) >= 11 is 6.31. The van der Waals surface area contributed by atoms with Gasteiger partial charge < -0.3 is 5.32 Å². The highest BCUT2D eigenvalue weighted by atomic mass is 35.5. The van der Waals surface area contributed by atoms with Crippen molar-refractivity contribution in [1.29, 1.82) is 0 Å². The molecule has 2 aromatic carbocycles. The van der Waals surface area contributed by atoms with E-state index >= 15 is 0 Å². The molecule has 0 atom stereocenters. The average molecular weight is 493 g/mol. The Hall–Kier alpha value is -3.20. The highest BCUT2D eigenvalue weighted by Gasteiger charge is 2.52. The molecule has 1 aromatic heterocycles. The molecule has 0 saturated carbocycles. The number of hydrogen-bond acceptors (Lipinski definition) is 4. The predicted octanol–water partition coefficient (Wildman–Crippen LogP) is 5.48. The van der Waals surface area contributed by atoms with Gasteiger partial charge in [0.2, 0.25) is 5.91 Å². The number of amides is 1. The predicted molar refractivity (Wildman–Crippen MR) is 124 cm³/mol. The Bertz CT molecular complexity index is 1250. The third kappa shape index (κ3) is 5.47. The molecule has 10 heteroatoms. The molecule has 0 aliphatic carbocycles. The van der Waals surface area contributed by atoms with Gasteiger partial charge in [-0.05, 0) is 43.0 Å². The number of hydrogen-bond donors (Lipinski definition) is 2. The van der Waals surface area contributed by atoms with Crippen LogP contribution in [0.25, 0.3) is 22.8 Å². The summed E-state index contributed by atoms with van der Waals surface area (Å²) in [6, 6.07) is 12.1. The first-order valence-corrected chi connectivity index (χ1v) is 10.9. The van der Waals surface area contributed by atoms with E-state index in [4.69, 9.17) is 11.6 Å². The Kier molecular flexibility index (Phi) is 7.16. The number of nitrogens with one attached hydrogen (secondary N) is 2. The quantitative estimate of drug-likeness (QED) is 0.477. The molecule has 0 bridgehead atoms. The van der Waals surface area contributed by atoms with Gasteiger partial charge in [0.1, 0.15) is 11.2 Å². The number of H-pyrrole nitrogens is 1. The largest absolute Gasteiger partial charge is 0.402 e. The van der Waals surface area contributed by atoms with E-state index in [0.717, 1.165) is 19.4 Å². The third-order valence-corrected chi connectivity index (χ3v) is 5.83. The van der Waals surface area contributed by atoms with E-state index in [1.807, 2.05) is 24.3 Å². The number of alkyl halides is 3. The van der Waals surface area contributed by atoms with E-state index in [-0.39, 0.29) is 23.2 Å². The Balaban J connectivity index is 1.90. The van der Waals surface area contributed by atoms with E-state index in [2.05, 4.69) is 34.1 Å². The van der Waals surface area contributed by atoms with E-state index in [1.165, 1.54) is 6.07 Å². The second-order valence-corrected chi connectivity index (χ2v) is 9.13. The maximum absolute atomic E-state index is 13.1. The van der Waals surface area contributed by atoms with E-state index in [1.54, 1.807) is 12.1 Å². The van der Waals surface area contributed by atoms with Gasteiger partial charge in [0, 0.05) is 17.7 Å². The number of aromatic amines is 1. The zero-order valence-electron chi connectivity index (χ0n) is 19.0. The van der Waals surface area contributed by atoms with Gasteiger partial charge in [-0.25, -0.2) is 9.78 Å². The number of benzene rings is 2. The maximum Gasteiger partial charge on any atom is 0.402 e. The summed E-state index contributed by atoms with van der Waals surface area (Å²) in [5.74, 6) is -0.458. The molecule has 0 radical (unpaired) electrons. The minimum atomic E-state index is -4.69. The SMILES string of the molecule is CC(C)c1ccc(-c2nc(-c3cc(CNC(=O)C(C)(C)C(F)(F)F)ccc3Cl)[nH]c(=O)n2)cc1. The van der Waals surface area contributed by atoms with Crippen LogP contribution in [-0.4, -0.2) is 27.0 Å². The van der Waals surface area contributed by atoms with Crippen molar-refractivity contribution < 1.29 is 18.0 Å². The first-order chi connectivity index (χ1) is 15.8. The van der Waals surface area contributed by atoms with Gasteiger partial charge in [-0.15, -0.1) is 0 Å². The van der Waals surface area contributed by atoms with Crippen molar-refractivity contribution in [2.24, 2.45) is 5.41 Å². The van der Waals surface area contributed by atoms with E-state index in [9.17, 15) is 22.8 Å². The van der Waals surface area contributed by atoms with E-state index in [0.29, 0.717) is 22.6 Å². The van der Waals surface area contributed by atoms with Gasteiger partial charge >= 0.3 is 11.9 Å². The summed E-state index contributed by atoms with van der Waals surface area (Å²) in [6.45, 7) is 5.60. The normalized spacial score (nSPS) is 12.1. The minimum absolute atomic E-state index is 0.150. The van der Waals surface area contributed by atoms with Crippen LogP contribution in [0.2, 0.25) is 5.02 Å². The molecule has 2 N–H and O–H groups in total. The molecule has 0 fully saturated rings. The van der Waals surface area contributed by atoms with Crippen LogP contribution in [0, 0.1) is 5.41 Å². The fourth-order valence-electron chi connectivity index (χ4n) is 3.05. The number of aromatic nitrogens is 3. The summed E-state index contributed by atoms with van der Waals surface area (Å²) in [5, 5.41) is 2.57. The zero-order chi connectivity index (χ0) is 25.3. The van der Waals surface area contributed by atoms with Gasteiger partial charge in [0.25, 0.3) is 0 Å². The van der Waals surface area contributed by atoms with Gasteiger partial charge in [-0.1, -0.05) is 55.8 Å². The minimum Gasteiger partial charge on any atom is -0.351 e. The third-order valence-electron chi connectivity index (χ3n) is 5.50. The molecule has 1 amide bonds. The van der Waals surface area contributed by atoms with Crippen molar-refractivity contribution in [3.8, 4) is 22.8 Å². The molecule has 180 valence electrons. The number of nitrogens with zero attached hydrogens (tertiary/aromatic N) is 2. The fourth-order valence-corrected chi connectivity index (χ4v) is 3.26. The highest BCUT2D eigenvalue weighted by Crippen LogP contribution is 2.37. The summed E-state index contributed by atoms with van der Waals surface area (Å²) < 4.78 is 39.3.